The molecule has 0 fully saturated rings. The van der Waals surface area contributed by atoms with Crippen LogP contribution in [0, 0.1) is 0 Å². The molecule has 13 heavy (non-hydrogen) atoms. The van der Waals surface area contributed by atoms with Crippen molar-refractivity contribution in [3.8, 4) is 0 Å². The first-order valence-corrected chi connectivity index (χ1v) is 5.21. The number of nitrogens with zero attached hydrogens (tertiary/aromatic N) is 3. The van der Waals surface area contributed by atoms with E-state index >= 15 is 0 Å². The number of hydrogen-bond donors (Lipinski definition) is 1. The highest BCUT2D eigenvalue weighted by Gasteiger charge is 2.12. The smallest absolute Gasteiger partial charge is 0.205 e. The molecule has 74 valence electrons. The van der Waals surface area contributed by atoms with Gasteiger partial charge in [-0.1, -0.05) is 6.92 Å². The van der Waals surface area contributed by atoms with Gasteiger partial charge in [0.1, 0.15) is 5.82 Å². The number of rotatable bonds is 4. The van der Waals surface area contributed by atoms with E-state index < -0.39 is 0 Å². The number of aryl methyl sites for hydroxylation is 1. The maximum Gasteiger partial charge on any atom is 0.205 e. The van der Waals surface area contributed by atoms with Crippen LogP contribution in [0.15, 0.2) is 0 Å². The van der Waals surface area contributed by atoms with E-state index in [1.54, 1.807) is 0 Å². The summed E-state index contributed by atoms with van der Waals surface area (Å²) in [6.45, 7) is 4.77. The molecule has 5 heteroatoms. The fraction of sp³-hybridized carbons (Fsp3) is 0.750. The summed E-state index contributed by atoms with van der Waals surface area (Å²) in [6.07, 6.45) is 0.890. The molecule has 0 saturated heterocycles. The Morgan fingerprint density at radius 1 is 1.62 bits per heavy atom. The van der Waals surface area contributed by atoms with Crippen LogP contribution in [0.3, 0.4) is 0 Å². The van der Waals surface area contributed by atoms with E-state index in [2.05, 4.69) is 28.1 Å². The highest BCUT2D eigenvalue weighted by molar-refractivity contribution is 7.09. The molecular formula is C8H16N4S. The summed E-state index contributed by atoms with van der Waals surface area (Å²) in [5.41, 5.74) is 5.56. The van der Waals surface area contributed by atoms with Crippen molar-refractivity contribution in [1.82, 2.24) is 9.36 Å². The van der Waals surface area contributed by atoms with Gasteiger partial charge in [0.15, 0.2) is 0 Å². The molecule has 0 aliphatic heterocycles. The van der Waals surface area contributed by atoms with Crippen molar-refractivity contribution in [3.05, 3.63) is 5.82 Å². The Kier molecular flexibility index (Phi) is 3.62. The lowest BCUT2D eigenvalue weighted by atomic mass is 10.3. The monoisotopic (exact) mass is 200 g/mol. The minimum atomic E-state index is 0.317. The fourth-order valence-electron chi connectivity index (χ4n) is 0.878. The summed E-state index contributed by atoms with van der Waals surface area (Å²) >= 11 is 1.44. The Balaban J connectivity index is 2.70. The molecule has 0 aromatic carbocycles. The van der Waals surface area contributed by atoms with Gasteiger partial charge in [0.05, 0.1) is 0 Å². The first kappa shape index (κ1) is 10.4. The standard InChI is InChI=1S/C8H16N4S/c1-4-7-10-8(13-11-7)12(3)6(2)5-9/h6H,4-5,9H2,1-3H3. The molecule has 0 amide bonds. The Morgan fingerprint density at radius 3 is 2.77 bits per heavy atom. The third-order valence-electron chi connectivity index (χ3n) is 2.08. The van der Waals surface area contributed by atoms with Crippen molar-refractivity contribution in [1.29, 1.82) is 0 Å². The van der Waals surface area contributed by atoms with E-state index in [-0.39, 0.29) is 0 Å². The molecule has 1 heterocycles. The van der Waals surface area contributed by atoms with Gasteiger partial charge in [0.25, 0.3) is 0 Å². The molecular weight excluding hydrogens is 184 g/mol. The summed E-state index contributed by atoms with van der Waals surface area (Å²) < 4.78 is 4.22. The van der Waals surface area contributed by atoms with Gasteiger partial charge in [0, 0.05) is 37.6 Å². The van der Waals surface area contributed by atoms with Crippen molar-refractivity contribution >= 4 is 16.7 Å². The zero-order chi connectivity index (χ0) is 9.84. The predicted molar refractivity (Wildman–Crippen MR) is 56.2 cm³/mol. The molecule has 0 bridgehead atoms. The van der Waals surface area contributed by atoms with Crippen LogP contribution in [0.1, 0.15) is 19.7 Å². The normalized spacial score (nSPS) is 12.9. The molecule has 1 aromatic heterocycles. The van der Waals surface area contributed by atoms with E-state index in [0.717, 1.165) is 17.4 Å². The topological polar surface area (TPSA) is 55.0 Å². The van der Waals surface area contributed by atoms with Crippen molar-refractivity contribution < 1.29 is 0 Å². The third-order valence-corrected chi connectivity index (χ3v) is 2.92. The van der Waals surface area contributed by atoms with Crippen LogP contribution in [-0.2, 0) is 6.42 Å². The summed E-state index contributed by atoms with van der Waals surface area (Å²) in [6, 6.07) is 0.317. The molecule has 2 N–H and O–H groups in total. The zero-order valence-corrected chi connectivity index (χ0v) is 9.14. The molecule has 0 saturated carbocycles. The molecule has 0 aliphatic carbocycles. The number of hydrogen-bond acceptors (Lipinski definition) is 5. The SMILES string of the molecule is CCc1nsc(N(C)C(C)CN)n1. The van der Waals surface area contributed by atoms with E-state index in [1.807, 2.05) is 7.05 Å². The van der Waals surface area contributed by atoms with Gasteiger partial charge in [-0.25, -0.2) is 4.98 Å². The summed E-state index contributed by atoms with van der Waals surface area (Å²) in [5, 5.41) is 0.954. The van der Waals surface area contributed by atoms with Gasteiger partial charge in [-0.2, -0.15) is 4.37 Å². The van der Waals surface area contributed by atoms with E-state index in [9.17, 15) is 0 Å². The molecule has 1 aromatic rings. The molecule has 1 atom stereocenters. The number of aromatic nitrogens is 2. The third kappa shape index (κ3) is 2.38. The first-order chi connectivity index (χ1) is 6.19. The van der Waals surface area contributed by atoms with Crippen LogP contribution in [0.5, 0.6) is 0 Å². The Labute approximate surface area is 82.9 Å². The number of likely N-dealkylation sites (N-methyl/N-ethyl adjacent to an activating group) is 1. The molecule has 0 spiro atoms. The van der Waals surface area contributed by atoms with Crippen LogP contribution < -0.4 is 10.6 Å². The van der Waals surface area contributed by atoms with Gasteiger partial charge in [-0.3, -0.25) is 0 Å². The average molecular weight is 200 g/mol. The highest BCUT2D eigenvalue weighted by Crippen LogP contribution is 2.17. The number of anilines is 1. The van der Waals surface area contributed by atoms with Crippen LogP contribution in [0.25, 0.3) is 0 Å². The summed E-state index contributed by atoms with van der Waals surface area (Å²) in [7, 11) is 2.00. The van der Waals surface area contributed by atoms with Gasteiger partial charge in [0.2, 0.25) is 5.13 Å². The summed E-state index contributed by atoms with van der Waals surface area (Å²) in [5.74, 6) is 0.913. The molecule has 4 nitrogen and oxygen atoms in total. The second kappa shape index (κ2) is 4.53. The van der Waals surface area contributed by atoms with Gasteiger partial charge in [-0.15, -0.1) is 0 Å². The lowest BCUT2D eigenvalue weighted by Gasteiger charge is -2.21. The number of nitrogens with two attached hydrogens (primary N) is 1. The van der Waals surface area contributed by atoms with Crippen LogP contribution in [0.4, 0.5) is 5.13 Å². The molecule has 0 aliphatic rings. The second-order valence-corrected chi connectivity index (χ2v) is 3.77. The maximum atomic E-state index is 5.56. The lowest BCUT2D eigenvalue weighted by molar-refractivity contribution is 0.692. The molecule has 1 rings (SSSR count). The van der Waals surface area contributed by atoms with E-state index in [1.165, 1.54) is 11.5 Å². The minimum Gasteiger partial charge on any atom is -0.346 e. The maximum absolute atomic E-state index is 5.56. The van der Waals surface area contributed by atoms with Crippen LogP contribution in [0.2, 0.25) is 0 Å². The predicted octanol–water partition coefficient (Wildman–Crippen LogP) is 0.884. The molecule has 1 unspecified atom stereocenters. The van der Waals surface area contributed by atoms with Gasteiger partial charge in [-0.05, 0) is 6.92 Å². The van der Waals surface area contributed by atoms with Crippen molar-refractivity contribution in [3.63, 3.8) is 0 Å². The van der Waals surface area contributed by atoms with E-state index in [0.29, 0.717) is 12.6 Å². The quantitative estimate of drug-likeness (QED) is 0.784. The Hall–Kier alpha value is -0.680. The average Bonchev–Trinajstić information content (AvgIpc) is 2.63. The minimum absolute atomic E-state index is 0.317. The van der Waals surface area contributed by atoms with Crippen LogP contribution in [-0.4, -0.2) is 29.0 Å². The largest absolute Gasteiger partial charge is 0.346 e. The van der Waals surface area contributed by atoms with E-state index in [4.69, 9.17) is 5.73 Å². The zero-order valence-electron chi connectivity index (χ0n) is 8.32. The van der Waals surface area contributed by atoms with Crippen molar-refractivity contribution in [2.45, 2.75) is 26.3 Å². The lowest BCUT2D eigenvalue weighted by Crippen LogP contribution is -2.35. The van der Waals surface area contributed by atoms with Crippen molar-refractivity contribution in [2.24, 2.45) is 5.73 Å². The van der Waals surface area contributed by atoms with Gasteiger partial charge < -0.3 is 10.6 Å². The van der Waals surface area contributed by atoms with Gasteiger partial charge >= 0.3 is 0 Å². The highest BCUT2D eigenvalue weighted by atomic mass is 32.1. The second-order valence-electron chi connectivity index (χ2n) is 3.04. The van der Waals surface area contributed by atoms with Crippen LogP contribution >= 0.6 is 11.5 Å². The summed E-state index contributed by atoms with van der Waals surface area (Å²) in [4.78, 5) is 6.44. The Morgan fingerprint density at radius 2 is 2.31 bits per heavy atom. The fourth-order valence-corrected chi connectivity index (χ4v) is 1.69. The molecule has 0 radical (unpaired) electrons. The Bertz CT molecular complexity index is 260. The first-order valence-electron chi connectivity index (χ1n) is 4.44. The van der Waals surface area contributed by atoms with Crippen molar-refractivity contribution in [2.75, 3.05) is 18.5 Å².